The Balaban J connectivity index is 3.50. The molecule has 0 aliphatic carbocycles. The Morgan fingerprint density at radius 3 is 2.14 bits per heavy atom. The number of hydrogen-bond acceptors (Lipinski definition) is 1. The minimum absolute atomic E-state index is 0.777. The molecule has 0 aromatic rings. The van der Waals surface area contributed by atoms with Crippen molar-refractivity contribution in [3.8, 4) is 0 Å². The van der Waals surface area contributed by atoms with Gasteiger partial charge in [0.25, 0.3) is 0 Å². The molecule has 1 unspecified atom stereocenters. The second kappa shape index (κ2) is 9.51. The highest BCUT2D eigenvalue weighted by atomic mass is 14.9. The van der Waals surface area contributed by atoms with Crippen molar-refractivity contribution in [3.63, 3.8) is 0 Å². The lowest BCUT2D eigenvalue weighted by Gasteiger charge is -2.18. The third-order valence-corrected chi connectivity index (χ3v) is 2.70. The quantitative estimate of drug-likeness (QED) is 0.592. The van der Waals surface area contributed by atoms with Gasteiger partial charge >= 0.3 is 0 Å². The average Bonchev–Trinajstić information content (AvgIpc) is 2.13. The van der Waals surface area contributed by atoms with Crippen molar-refractivity contribution in [1.29, 1.82) is 0 Å². The molecule has 0 bridgehead atoms. The van der Waals surface area contributed by atoms with Gasteiger partial charge in [-0.1, -0.05) is 47.0 Å². The summed E-state index contributed by atoms with van der Waals surface area (Å²) in [6.07, 6.45) is 8.03. The van der Waals surface area contributed by atoms with Gasteiger partial charge in [0.15, 0.2) is 0 Å². The fraction of sp³-hybridized carbons (Fsp3) is 1.00. The highest BCUT2D eigenvalue weighted by molar-refractivity contribution is 4.66. The van der Waals surface area contributed by atoms with E-state index in [-0.39, 0.29) is 0 Å². The van der Waals surface area contributed by atoms with Crippen LogP contribution in [0.1, 0.15) is 66.2 Å². The Hall–Kier alpha value is -0.0400. The standard InChI is InChI=1S/C13H29N/c1-5-7-9-13(8-6-2)14-11-10-12(3)4/h12-14H,5-11H2,1-4H3. The Labute approximate surface area is 90.7 Å². The summed E-state index contributed by atoms with van der Waals surface area (Å²) in [7, 11) is 0. The van der Waals surface area contributed by atoms with Crippen LogP contribution in [0.3, 0.4) is 0 Å². The molecule has 0 saturated carbocycles. The Morgan fingerprint density at radius 1 is 0.929 bits per heavy atom. The molecule has 1 nitrogen and oxygen atoms in total. The highest BCUT2D eigenvalue weighted by Gasteiger charge is 2.05. The van der Waals surface area contributed by atoms with Crippen LogP contribution in [-0.4, -0.2) is 12.6 Å². The Bertz CT molecular complexity index is 110. The second-order valence-electron chi connectivity index (χ2n) is 4.76. The molecule has 0 aromatic carbocycles. The SMILES string of the molecule is CCCCC(CCC)NCCC(C)C. The smallest absolute Gasteiger partial charge is 0.00669 e. The van der Waals surface area contributed by atoms with Crippen molar-refractivity contribution in [3.05, 3.63) is 0 Å². The Morgan fingerprint density at radius 2 is 1.64 bits per heavy atom. The molecule has 14 heavy (non-hydrogen) atoms. The van der Waals surface area contributed by atoms with Crippen LogP contribution < -0.4 is 5.32 Å². The summed E-state index contributed by atoms with van der Waals surface area (Å²) in [5.74, 6) is 0.830. The molecule has 0 fully saturated rings. The largest absolute Gasteiger partial charge is 0.314 e. The summed E-state index contributed by atoms with van der Waals surface area (Å²) in [5.41, 5.74) is 0. The van der Waals surface area contributed by atoms with E-state index in [2.05, 4.69) is 33.0 Å². The molecule has 0 radical (unpaired) electrons. The number of hydrogen-bond donors (Lipinski definition) is 1. The average molecular weight is 199 g/mol. The van der Waals surface area contributed by atoms with Crippen LogP contribution in [0.2, 0.25) is 0 Å². The van der Waals surface area contributed by atoms with E-state index < -0.39 is 0 Å². The summed E-state index contributed by atoms with van der Waals surface area (Å²) in [5, 5.41) is 3.69. The van der Waals surface area contributed by atoms with Gasteiger partial charge in [-0.15, -0.1) is 0 Å². The van der Waals surface area contributed by atoms with Gasteiger partial charge in [0.05, 0.1) is 0 Å². The fourth-order valence-electron chi connectivity index (χ4n) is 1.72. The third kappa shape index (κ3) is 8.55. The topological polar surface area (TPSA) is 12.0 Å². The first-order valence-electron chi connectivity index (χ1n) is 6.44. The summed E-state index contributed by atoms with van der Waals surface area (Å²) in [6.45, 7) is 10.3. The minimum Gasteiger partial charge on any atom is -0.314 e. The van der Waals surface area contributed by atoms with Crippen LogP contribution in [-0.2, 0) is 0 Å². The highest BCUT2D eigenvalue weighted by Crippen LogP contribution is 2.07. The summed E-state index contributed by atoms with van der Waals surface area (Å²) < 4.78 is 0. The molecule has 0 amide bonds. The maximum atomic E-state index is 3.69. The first-order valence-corrected chi connectivity index (χ1v) is 6.44. The van der Waals surface area contributed by atoms with Gasteiger partial charge < -0.3 is 5.32 Å². The van der Waals surface area contributed by atoms with Crippen LogP contribution >= 0.6 is 0 Å². The number of nitrogens with one attached hydrogen (secondary N) is 1. The molecule has 0 saturated heterocycles. The lowest BCUT2D eigenvalue weighted by atomic mass is 10.0. The van der Waals surface area contributed by atoms with E-state index in [4.69, 9.17) is 0 Å². The van der Waals surface area contributed by atoms with Gasteiger partial charge in [-0.2, -0.15) is 0 Å². The molecule has 0 spiro atoms. The molecule has 0 aliphatic rings. The molecule has 1 N–H and O–H groups in total. The van der Waals surface area contributed by atoms with Crippen LogP contribution in [0.4, 0.5) is 0 Å². The van der Waals surface area contributed by atoms with Gasteiger partial charge in [0.1, 0.15) is 0 Å². The molecule has 1 heteroatoms. The molecular weight excluding hydrogens is 170 g/mol. The first kappa shape index (κ1) is 14.0. The van der Waals surface area contributed by atoms with Crippen LogP contribution in [0.15, 0.2) is 0 Å². The van der Waals surface area contributed by atoms with Crippen molar-refractivity contribution in [2.75, 3.05) is 6.54 Å². The van der Waals surface area contributed by atoms with Crippen molar-refractivity contribution < 1.29 is 0 Å². The van der Waals surface area contributed by atoms with E-state index in [9.17, 15) is 0 Å². The van der Waals surface area contributed by atoms with E-state index in [1.54, 1.807) is 0 Å². The molecule has 1 atom stereocenters. The van der Waals surface area contributed by atoms with Crippen LogP contribution in [0, 0.1) is 5.92 Å². The van der Waals surface area contributed by atoms with E-state index >= 15 is 0 Å². The van der Waals surface area contributed by atoms with E-state index in [1.165, 1.54) is 45.1 Å². The van der Waals surface area contributed by atoms with Crippen molar-refractivity contribution in [2.45, 2.75) is 72.3 Å². The number of rotatable bonds is 9. The van der Waals surface area contributed by atoms with Crippen molar-refractivity contribution in [2.24, 2.45) is 5.92 Å². The zero-order chi connectivity index (χ0) is 10.8. The van der Waals surface area contributed by atoms with Gasteiger partial charge in [-0.3, -0.25) is 0 Å². The third-order valence-electron chi connectivity index (χ3n) is 2.70. The van der Waals surface area contributed by atoms with Gasteiger partial charge in [-0.05, 0) is 31.7 Å². The predicted octanol–water partition coefficient (Wildman–Crippen LogP) is 3.98. The van der Waals surface area contributed by atoms with Crippen molar-refractivity contribution >= 4 is 0 Å². The van der Waals surface area contributed by atoms with E-state index in [0.29, 0.717) is 0 Å². The normalized spacial score (nSPS) is 13.5. The summed E-state index contributed by atoms with van der Waals surface area (Å²) in [4.78, 5) is 0. The molecule has 0 aromatic heterocycles. The van der Waals surface area contributed by atoms with Gasteiger partial charge in [0.2, 0.25) is 0 Å². The summed E-state index contributed by atoms with van der Waals surface area (Å²) in [6, 6.07) is 0.777. The lowest BCUT2D eigenvalue weighted by Crippen LogP contribution is -2.30. The summed E-state index contributed by atoms with van der Waals surface area (Å²) >= 11 is 0. The van der Waals surface area contributed by atoms with Gasteiger partial charge in [-0.25, -0.2) is 0 Å². The lowest BCUT2D eigenvalue weighted by molar-refractivity contribution is 0.415. The van der Waals surface area contributed by atoms with E-state index in [1.807, 2.05) is 0 Å². The Kier molecular flexibility index (Phi) is 9.49. The maximum Gasteiger partial charge on any atom is 0.00669 e. The van der Waals surface area contributed by atoms with Crippen LogP contribution in [0.5, 0.6) is 0 Å². The maximum absolute atomic E-state index is 3.69. The van der Waals surface area contributed by atoms with E-state index in [0.717, 1.165) is 12.0 Å². The second-order valence-corrected chi connectivity index (χ2v) is 4.76. The molecule has 86 valence electrons. The molecule has 0 rings (SSSR count). The molecule has 0 heterocycles. The fourth-order valence-corrected chi connectivity index (χ4v) is 1.72. The van der Waals surface area contributed by atoms with Gasteiger partial charge in [0, 0.05) is 6.04 Å². The zero-order valence-corrected chi connectivity index (χ0v) is 10.6. The molecular formula is C13H29N. The zero-order valence-electron chi connectivity index (χ0n) is 10.6. The predicted molar refractivity (Wildman–Crippen MR) is 65.7 cm³/mol. The monoisotopic (exact) mass is 199 g/mol. The minimum atomic E-state index is 0.777. The first-order chi connectivity index (χ1) is 6.70. The number of unbranched alkanes of at least 4 members (excludes halogenated alkanes) is 1. The molecule has 0 aliphatic heterocycles. The van der Waals surface area contributed by atoms with Crippen LogP contribution in [0.25, 0.3) is 0 Å². The van der Waals surface area contributed by atoms with Crippen molar-refractivity contribution in [1.82, 2.24) is 5.32 Å².